The third-order valence-electron chi connectivity index (χ3n) is 2.32. The Morgan fingerprint density at radius 3 is 2.79 bits per heavy atom. The quantitative estimate of drug-likeness (QED) is 0.528. The van der Waals surface area contributed by atoms with E-state index in [1.807, 2.05) is 21.0 Å². The molecule has 1 heterocycles. The van der Waals surface area contributed by atoms with Crippen molar-refractivity contribution in [3.8, 4) is 0 Å². The molecule has 0 atom stereocenters. The summed E-state index contributed by atoms with van der Waals surface area (Å²) in [7, 11) is 4.03. The van der Waals surface area contributed by atoms with Crippen molar-refractivity contribution < 1.29 is 4.74 Å². The zero-order valence-electron chi connectivity index (χ0n) is 11.6. The summed E-state index contributed by atoms with van der Waals surface area (Å²) in [6, 6.07) is 1.76. The SMILES string of the molecule is Cc1cc(C(N)=S)nc(NCCOCCN(C)C)n1. The summed E-state index contributed by atoms with van der Waals surface area (Å²) in [5.41, 5.74) is 6.97. The van der Waals surface area contributed by atoms with Gasteiger partial charge in [-0.05, 0) is 27.1 Å². The topological polar surface area (TPSA) is 76.3 Å². The molecule has 1 rings (SSSR count). The molecule has 0 amide bonds. The summed E-state index contributed by atoms with van der Waals surface area (Å²) < 4.78 is 5.46. The molecule has 0 aliphatic rings. The molecule has 0 saturated heterocycles. The van der Waals surface area contributed by atoms with Crippen molar-refractivity contribution in [2.24, 2.45) is 5.73 Å². The van der Waals surface area contributed by atoms with E-state index in [0.29, 0.717) is 31.4 Å². The van der Waals surface area contributed by atoms with Crippen molar-refractivity contribution in [2.75, 3.05) is 45.7 Å². The average Bonchev–Trinajstić information content (AvgIpc) is 2.32. The van der Waals surface area contributed by atoms with Gasteiger partial charge in [0.2, 0.25) is 5.95 Å². The Kier molecular flexibility index (Phi) is 6.61. The van der Waals surface area contributed by atoms with E-state index >= 15 is 0 Å². The van der Waals surface area contributed by atoms with Crippen molar-refractivity contribution in [1.82, 2.24) is 14.9 Å². The lowest BCUT2D eigenvalue weighted by molar-refractivity contribution is 0.126. The summed E-state index contributed by atoms with van der Waals surface area (Å²) >= 11 is 4.91. The van der Waals surface area contributed by atoms with Crippen LogP contribution in [0.5, 0.6) is 0 Å². The molecule has 19 heavy (non-hydrogen) atoms. The number of rotatable bonds is 8. The molecule has 6 nitrogen and oxygen atoms in total. The molecule has 3 N–H and O–H groups in total. The van der Waals surface area contributed by atoms with Crippen molar-refractivity contribution in [3.05, 3.63) is 17.5 Å². The number of nitrogens with two attached hydrogens (primary N) is 1. The van der Waals surface area contributed by atoms with E-state index in [-0.39, 0.29) is 4.99 Å². The van der Waals surface area contributed by atoms with Crippen LogP contribution in [0, 0.1) is 6.92 Å². The molecule has 1 aromatic rings. The first-order valence-electron chi connectivity index (χ1n) is 6.11. The van der Waals surface area contributed by atoms with E-state index in [9.17, 15) is 0 Å². The van der Waals surface area contributed by atoms with Crippen LogP contribution in [-0.4, -0.2) is 60.3 Å². The Labute approximate surface area is 119 Å². The van der Waals surface area contributed by atoms with Gasteiger partial charge >= 0.3 is 0 Å². The molecule has 0 saturated carbocycles. The number of likely N-dealkylation sites (N-methyl/N-ethyl adjacent to an activating group) is 1. The third-order valence-corrected chi connectivity index (χ3v) is 2.53. The number of nitrogens with one attached hydrogen (secondary N) is 1. The second-order valence-corrected chi connectivity index (χ2v) is 4.86. The van der Waals surface area contributed by atoms with Crippen molar-refractivity contribution >= 4 is 23.2 Å². The van der Waals surface area contributed by atoms with E-state index in [0.717, 1.165) is 12.2 Å². The van der Waals surface area contributed by atoms with Crippen molar-refractivity contribution in [3.63, 3.8) is 0 Å². The molecule has 0 unspecified atom stereocenters. The lowest BCUT2D eigenvalue weighted by atomic mass is 10.3. The van der Waals surface area contributed by atoms with E-state index < -0.39 is 0 Å². The average molecular weight is 283 g/mol. The highest BCUT2D eigenvalue weighted by atomic mass is 32.1. The Balaban J connectivity index is 2.35. The first-order chi connectivity index (χ1) is 8.99. The highest BCUT2D eigenvalue weighted by molar-refractivity contribution is 7.80. The van der Waals surface area contributed by atoms with Gasteiger partial charge in [0.25, 0.3) is 0 Å². The van der Waals surface area contributed by atoms with Gasteiger partial charge in [0.05, 0.1) is 13.2 Å². The summed E-state index contributed by atoms with van der Waals surface area (Å²) in [6.45, 7) is 4.75. The highest BCUT2D eigenvalue weighted by Crippen LogP contribution is 2.04. The zero-order valence-corrected chi connectivity index (χ0v) is 12.5. The molecule has 0 aliphatic carbocycles. The van der Waals surface area contributed by atoms with Crippen LogP contribution in [0.2, 0.25) is 0 Å². The van der Waals surface area contributed by atoms with Crippen LogP contribution >= 0.6 is 12.2 Å². The smallest absolute Gasteiger partial charge is 0.223 e. The number of anilines is 1. The Morgan fingerprint density at radius 1 is 1.42 bits per heavy atom. The minimum Gasteiger partial charge on any atom is -0.388 e. The van der Waals surface area contributed by atoms with Crippen LogP contribution in [0.4, 0.5) is 5.95 Å². The molecule has 0 aromatic carbocycles. The van der Waals surface area contributed by atoms with E-state index in [2.05, 4.69) is 20.2 Å². The molecular weight excluding hydrogens is 262 g/mol. The van der Waals surface area contributed by atoms with Crippen LogP contribution in [0.15, 0.2) is 6.07 Å². The molecule has 0 spiro atoms. The number of aromatic nitrogens is 2. The lowest BCUT2D eigenvalue weighted by Crippen LogP contribution is -2.20. The fraction of sp³-hybridized carbons (Fsp3) is 0.583. The minimum atomic E-state index is 0.274. The number of nitrogens with zero attached hydrogens (tertiary/aromatic N) is 3. The van der Waals surface area contributed by atoms with Gasteiger partial charge in [-0.25, -0.2) is 9.97 Å². The molecule has 0 fully saturated rings. The van der Waals surface area contributed by atoms with Crippen LogP contribution in [-0.2, 0) is 4.74 Å². The molecule has 7 heteroatoms. The molecule has 0 aliphatic heterocycles. The molecule has 0 bridgehead atoms. The van der Waals surface area contributed by atoms with Crippen LogP contribution in [0.3, 0.4) is 0 Å². The van der Waals surface area contributed by atoms with Crippen LogP contribution < -0.4 is 11.1 Å². The van der Waals surface area contributed by atoms with E-state index in [4.69, 9.17) is 22.7 Å². The third kappa shape index (κ3) is 6.42. The number of hydrogen-bond acceptors (Lipinski definition) is 6. The molecular formula is C12H21N5OS. The predicted molar refractivity (Wildman–Crippen MR) is 80.5 cm³/mol. The number of ether oxygens (including phenoxy) is 1. The van der Waals surface area contributed by atoms with Gasteiger partial charge in [-0.1, -0.05) is 12.2 Å². The Bertz CT molecular complexity index is 425. The second-order valence-electron chi connectivity index (χ2n) is 4.42. The Morgan fingerprint density at radius 2 is 2.16 bits per heavy atom. The van der Waals surface area contributed by atoms with Gasteiger partial charge in [0.1, 0.15) is 10.7 Å². The fourth-order valence-electron chi connectivity index (χ4n) is 1.36. The van der Waals surface area contributed by atoms with Gasteiger partial charge in [-0.15, -0.1) is 0 Å². The first-order valence-corrected chi connectivity index (χ1v) is 6.51. The van der Waals surface area contributed by atoms with E-state index in [1.165, 1.54) is 0 Å². The van der Waals surface area contributed by atoms with Gasteiger partial charge in [0, 0.05) is 18.8 Å². The maximum Gasteiger partial charge on any atom is 0.223 e. The largest absolute Gasteiger partial charge is 0.388 e. The van der Waals surface area contributed by atoms with Gasteiger partial charge in [0.15, 0.2) is 0 Å². The summed E-state index contributed by atoms with van der Waals surface area (Å²) in [4.78, 5) is 10.8. The molecule has 0 radical (unpaired) electrons. The normalized spacial score (nSPS) is 10.7. The molecule has 106 valence electrons. The highest BCUT2D eigenvalue weighted by Gasteiger charge is 2.03. The number of aryl methyl sites for hydroxylation is 1. The fourth-order valence-corrected chi connectivity index (χ4v) is 1.46. The summed E-state index contributed by atoms with van der Waals surface area (Å²) in [5, 5.41) is 3.09. The zero-order chi connectivity index (χ0) is 14.3. The lowest BCUT2D eigenvalue weighted by Gasteiger charge is -2.10. The molecule has 1 aromatic heterocycles. The summed E-state index contributed by atoms with van der Waals surface area (Å²) in [6.07, 6.45) is 0. The second kappa shape index (κ2) is 7.98. The monoisotopic (exact) mass is 283 g/mol. The first kappa shape index (κ1) is 15.7. The predicted octanol–water partition coefficient (Wildman–Crippen LogP) is 0.409. The maximum absolute atomic E-state index is 5.56. The summed E-state index contributed by atoms with van der Waals surface area (Å²) in [5.74, 6) is 0.527. The standard InChI is InChI=1S/C12H21N5OS/c1-9-8-10(11(13)19)16-12(15-9)14-4-6-18-7-5-17(2)3/h8H,4-7H2,1-3H3,(H2,13,19)(H,14,15,16). The minimum absolute atomic E-state index is 0.274. The van der Waals surface area contributed by atoms with Crippen molar-refractivity contribution in [1.29, 1.82) is 0 Å². The maximum atomic E-state index is 5.56. The Hall–Kier alpha value is -1.31. The van der Waals surface area contributed by atoms with Crippen LogP contribution in [0.25, 0.3) is 0 Å². The van der Waals surface area contributed by atoms with Gasteiger partial charge in [-0.2, -0.15) is 0 Å². The van der Waals surface area contributed by atoms with Gasteiger partial charge < -0.3 is 20.7 Å². The van der Waals surface area contributed by atoms with Crippen LogP contribution in [0.1, 0.15) is 11.4 Å². The van der Waals surface area contributed by atoms with Crippen molar-refractivity contribution in [2.45, 2.75) is 6.92 Å². The van der Waals surface area contributed by atoms with Gasteiger partial charge in [-0.3, -0.25) is 0 Å². The van der Waals surface area contributed by atoms with E-state index in [1.54, 1.807) is 6.07 Å². The number of thiocarbonyl (C=S) groups is 1. The number of hydrogen-bond donors (Lipinski definition) is 2.